The van der Waals surface area contributed by atoms with Crippen LogP contribution in [0.3, 0.4) is 0 Å². The van der Waals surface area contributed by atoms with Crippen molar-refractivity contribution in [3.8, 4) is 0 Å². The zero-order valence-corrected chi connectivity index (χ0v) is 10.1. The number of hydrogen-bond acceptors (Lipinski definition) is 4. The number of nitrogens with zero attached hydrogens (tertiary/aromatic N) is 3. The van der Waals surface area contributed by atoms with Crippen molar-refractivity contribution < 1.29 is 4.79 Å². The number of nitrogens with one attached hydrogen (secondary N) is 1. The number of hydrogen-bond donors (Lipinski definition) is 1. The SMILES string of the molecule is CCN1CCN(NC(=O)c2cccnc2)CC1. The molecule has 0 aromatic carbocycles. The molecule has 1 fully saturated rings. The van der Waals surface area contributed by atoms with Gasteiger partial charge in [0.25, 0.3) is 5.91 Å². The summed E-state index contributed by atoms with van der Waals surface area (Å²) < 4.78 is 0. The highest BCUT2D eigenvalue weighted by atomic mass is 16.2. The van der Waals surface area contributed by atoms with E-state index in [9.17, 15) is 4.79 Å². The highest BCUT2D eigenvalue weighted by molar-refractivity contribution is 5.93. The maximum absolute atomic E-state index is 11.9. The maximum atomic E-state index is 11.9. The Kier molecular flexibility index (Phi) is 4.06. The summed E-state index contributed by atoms with van der Waals surface area (Å²) in [6.07, 6.45) is 3.24. The molecule has 5 nitrogen and oxygen atoms in total. The third kappa shape index (κ3) is 3.25. The molecule has 92 valence electrons. The molecule has 0 aliphatic carbocycles. The fourth-order valence-corrected chi connectivity index (χ4v) is 1.88. The van der Waals surface area contributed by atoms with Gasteiger partial charge in [0.1, 0.15) is 0 Å². The zero-order chi connectivity index (χ0) is 12.1. The van der Waals surface area contributed by atoms with Crippen LogP contribution in [-0.2, 0) is 0 Å². The Hall–Kier alpha value is -1.46. The number of carbonyl (C=O) groups is 1. The summed E-state index contributed by atoms with van der Waals surface area (Å²) in [4.78, 5) is 18.2. The van der Waals surface area contributed by atoms with E-state index < -0.39 is 0 Å². The maximum Gasteiger partial charge on any atom is 0.267 e. The number of piperazine rings is 1. The van der Waals surface area contributed by atoms with Crippen molar-refractivity contribution in [3.63, 3.8) is 0 Å². The third-order valence-corrected chi connectivity index (χ3v) is 3.00. The van der Waals surface area contributed by atoms with Gasteiger partial charge in [-0.3, -0.25) is 15.2 Å². The Labute approximate surface area is 101 Å². The summed E-state index contributed by atoms with van der Waals surface area (Å²) in [5, 5.41) is 1.97. The summed E-state index contributed by atoms with van der Waals surface area (Å²) >= 11 is 0. The van der Waals surface area contributed by atoms with E-state index in [0.717, 1.165) is 32.7 Å². The summed E-state index contributed by atoms with van der Waals surface area (Å²) in [5.41, 5.74) is 3.51. The largest absolute Gasteiger partial charge is 0.301 e. The van der Waals surface area contributed by atoms with Gasteiger partial charge in [0.2, 0.25) is 0 Å². The minimum Gasteiger partial charge on any atom is -0.301 e. The van der Waals surface area contributed by atoms with Gasteiger partial charge in [-0.15, -0.1) is 0 Å². The Balaban J connectivity index is 1.84. The van der Waals surface area contributed by atoms with Crippen LogP contribution in [0.5, 0.6) is 0 Å². The number of rotatable bonds is 3. The quantitative estimate of drug-likeness (QED) is 0.820. The van der Waals surface area contributed by atoms with Crippen LogP contribution in [0.25, 0.3) is 0 Å². The first-order valence-corrected chi connectivity index (χ1v) is 5.98. The Bertz CT molecular complexity index is 360. The molecule has 0 spiro atoms. The molecule has 1 amide bonds. The van der Waals surface area contributed by atoms with Crippen LogP contribution in [0.1, 0.15) is 17.3 Å². The Morgan fingerprint density at radius 1 is 1.41 bits per heavy atom. The van der Waals surface area contributed by atoms with Crippen molar-refractivity contribution in [2.24, 2.45) is 0 Å². The van der Waals surface area contributed by atoms with Gasteiger partial charge in [-0.25, -0.2) is 5.01 Å². The molecular formula is C12H18N4O. The van der Waals surface area contributed by atoms with E-state index in [-0.39, 0.29) is 5.91 Å². The summed E-state index contributed by atoms with van der Waals surface area (Å²) in [6.45, 7) is 6.99. The van der Waals surface area contributed by atoms with Crippen molar-refractivity contribution in [1.29, 1.82) is 0 Å². The molecule has 0 unspecified atom stereocenters. The zero-order valence-electron chi connectivity index (χ0n) is 10.1. The number of amides is 1. The Morgan fingerprint density at radius 2 is 2.18 bits per heavy atom. The van der Waals surface area contributed by atoms with E-state index in [1.807, 2.05) is 5.01 Å². The first-order chi connectivity index (χ1) is 8.29. The molecule has 0 bridgehead atoms. The first kappa shape index (κ1) is 12.0. The third-order valence-electron chi connectivity index (χ3n) is 3.00. The lowest BCUT2D eigenvalue weighted by molar-refractivity contribution is 0.0630. The van der Waals surface area contributed by atoms with E-state index in [0.29, 0.717) is 5.56 Å². The van der Waals surface area contributed by atoms with Crippen molar-refractivity contribution >= 4 is 5.91 Å². The predicted octanol–water partition coefficient (Wildman–Crippen LogP) is 0.364. The van der Waals surface area contributed by atoms with Gasteiger partial charge < -0.3 is 4.90 Å². The van der Waals surface area contributed by atoms with E-state index >= 15 is 0 Å². The molecule has 1 aromatic heterocycles. The standard InChI is InChI=1S/C12H18N4O/c1-2-15-6-8-16(9-7-15)14-12(17)11-4-3-5-13-10-11/h3-5,10H,2,6-9H2,1H3,(H,14,17). The van der Waals surface area contributed by atoms with Crippen LogP contribution < -0.4 is 5.43 Å². The van der Waals surface area contributed by atoms with Crippen molar-refractivity contribution in [2.45, 2.75) is 6.92 Å². The van der Waals surface area contributed by atoms with Crippen LogP contribution in [0.2, 0.25) is 0 Å². The lowest BCUT2D eigenvalue weighted by atomic mass is 10.3. The van der Waals surface area contributed by atoms with Crippen LogP contribution >= 0.6 is 0 Å². The molecule has 17 heavy (non-hydrogen) atoms. The van der Waals surface area contributed by atoms with Gasteiger partial charge >= 0.3 is 0 Å². The van der Waals surface area contributed by atoms with Gasteiger partial charge in [-0.05, 0) is 18.7 Å². The lowest BCUT2D eigenvalue weighted by Gasteiger charge is -2.33. The molecule has 0 saturated carbocycles. The topological polar surface area (TPSA) is 48.5 Å². The second kappa shape index (κ2) is 5.75. The minimum absolute atomic E-state index is 0.0805. The molecule has 1 N–H and O–H groups in total. The molecule has 0 radical (unpaired) electrons. The van der Waals surface area contributed by atoms with E-state index in [4.69, 9.17) is 0 Å². The summed E-state index contributed by atoms with van der Waals surface area (Å²) in [7, 11) is 0. The first-order valence-electron chi connectivity index (χ1n) is 5.98. The molecule has 5 heteroatoms. The van der Waals surface area contributed by atoms with Gasteiger partial charge in [0.15, 0.2) is 0 Å². The number of hydrazine groups is 1. The number of carbonyl (C=O) groups excluding carboxylic acids is 1. The highest BCUT2D eigenvalue weighted by Crippen LogP contribution is 2.00. The molecule has 1 aliphatic heterocycles. The molecular weight excluding hydrogens is 216 g/mol. The normalized spacial score (nSPS) is 17.9. The van der Waals surface area contributed by atoms with Crippen LogP contribution in [0.15, 0.2) is 24.5 Å². The van der Waals surface area contributed by atoms with Gasteiger partial charge in [-0.1, -0.05) is 6.92 Å². The molecule has 0 atom stereocenters. The predicted molar refractivity (Wildman–Crippen MR) is 65.4 cm³/mol. The number of pyridine rings is 1. The average Bonchev–Trinajstić information content (AvgIpc) is 2.40. The van der Waals surface area contributed by atoms with Crippen molar-refractivity contribution in [3.05, 3.63) is 30.1 Å². The van der Waals surface area contributed by atoms with Gasteiger partial charge in [-0.2, -0.15) is 0 Å². The Morgan fingerprint density at radius 3 is 2.76 bits per heavy atom. The fourth-order valence-electron chi connectivity index (χ4n) is 1.88. The molecule has 1 saturated heterocycles. The second-order valence-corrected chi connectivity index (χ2v) is 4.10. The van der Waals surface area contributed by atoms with Gasteiger partial charge in [0, 0.05) is 38.6 Å². The molecule has 1 aliphatic rings. The summed E-state index contributed by atoms with van der Waals surface area (Å²) in [5.74, 6) is -0.0805. The average molecular weight is 234 g/mol. The molecule has 2 rings (SSSR count). The highest BCUT2D eigenvalue weighted by Gasteiger charge is 2.17. The molecule has 1 aromatic rings. The van der Waals surface area contributed by atoms with E-state index in [1.54, 1.807) is 24.5 Å². The fraction of sp³-hybridized carbons (Fsp3) is 0.500. The summed E-state index contributed by atoms with van der Waals surface area (Å²) in [6, 6.07) is 3.54. The number of likely N-dealkylation sites (N-methyl/N-ethyl adjacent to an activating group) is 1. The van der Waals surface area contributed by atoms with Crippen molar-refractivity contribution in [1.82, 2.24) is 20.3 Å². The lowest BCUT2D eigenvalue weighted by Crippen LogP contribution is -2.53. The second-order valence-electron chi connectivity index (χ2n) is 4.10. The van der Waals surface area contributed by atoms with Crippen LogP contribution in [0, 0.1) is 0 Å². The smallest absolute Gasteiger partial charge is 0.267 e. The minimum atomic E-state index is -0.0805. The van der Waals surface area contributed by atoms with E-state index in [1.165, 1.54) is 0 Å². The van der Waals surface area contributed by atoms with Crippen LogP contribution in [-0.4, -0.2) is 53.5 Å². The number of aromatic nitrogens is 1. The van der Waals surface area contributed by atoms with Gasteiger partial charge in [0.05, 0.1) is 5.56 Å². The molecule has 2 heterocycles. The van der Waals surface area contributed by atoms with Crippen molar-refractivity contribution in [2.75, 3.05) is 32.7 Å². The monoisotopic (exact) mass is 234 g/mol. The van der Waals surface area contributed by atoms with Crippen LogP contribution in [0.4, 0.5) is 0 Å². The van der Waals surface area contributed by atoms with E-state index in [2.05, 4.69) is 22.2 Å².